The quantitative estimate of drug-likeness (QED) is 0.332. The van der Waals surface area contributed by atoms with Crippen molar-refractivity contribution in [2.24, 2.45) is 15.9 Å². The minimum atomic E-state index is -4.55. The summed E-state index contributed by atoms with van der Waals surface area (Å²) in [6, 6.07) is 4.28. The topological polar surface area (TPSA) is 75.1 Å². The van der Waals surface area contributed by atoms with Crippen LogP contribution in [0.4, 0.5) is 17.6 Å². The summed E-state index contributed by atoms with van der Waals surface area (Å²) in [5.41, 5.74) is -0.694. The maximum absolute atomic E-state index is 13.3. The van der Waals surface area contributed by atoms with Gasteiger partial charge in [0.2, 0.25) is 0 Å². The van der Waals surface area contributed by atoms with Crippen LogP contribution in [0.15, 0.2) is 34.3 Å². The summed E-state index contributed by atoms with van der Waals surface area (Å²) in [4.78, 5) is 20.5. The van der Waals surface area contributed by atoms with E-state index in [1.165, 1.54) is 12.1 Å². The number of carbonyl (C=O) groups excluding carboxylic acids is 1. The Bertz CT molecular complexity index is 838. The molecule has 1 amide bonds. The first-order valence-corrected chi connectivity index (χ1v) is 11.0. The SMILES string of the molecule is CN=C(CC(CC(C)C)NC(=NCC1CCC(C)O1)NC(=O)c1ccc(F)cc1)C(F)(F)F. The monoisotopic (exact) mass is 472 g/mol. The van der Waals surface area contributed by atoms with Gasteiger partial charge in [0.1, 0.15) is 11.5 Å². The number of amides is 1. The van der Waals surface area contributed by atoms with Crippen molar-refractivity contribution < 1.29 is 27.1 Å². The fourth-order valence-electron chi connectivity index (χ4n) is 3.64. The highest BCUT2D eigenvalue weighted by atomic mass is 19.4. The highest BCUT2D eigenvalue weighted by Gasteiger charge is 2.36. The van der Waals surface area contributed by atoms with Crippen LogP contribution in [0.3, 0.4) is 0 Å². The molecule has 33 heavy (non-hydrogen) atoms. The Kier molecular flexibility index (Phi) is 9.82. The van der Waals surface area contributed by atoms with Gasteiger partial charge in [0.05, 0.1) is 18.8 Å². The molecule has 0 aliphatic carbocycles. The standard InChI is InChI=1S/C23H32F4N4O2/c1-14(2)11-18(12-20(28-4)23(25,26)27)30-22(29-13-19-10-5-15(3)33-19)31-21(32)16-6-8-17(24)9-7-16/h6-9,14-15,18-19H,5,10-13H2,1-4H3,(H2,29,30,31,32). The van der Waals surface area contributed by atoms with Gasteiger partial charge in [-0.25, -0.2) is 4.39 Å². The number of ether oxygens (including phenoxy) is 1. The van der Waals surface area contributed by atoms with Crippen molar-refractivity contribution in [2.75, 3.05) is 13.6 Å². The molecule has 0 bridgehead atoms. The molecule has 0 aromatic heterocycles. The summed E-state index contributed by atoms with van der Waals surface area (Å²) in [7, 11) is 1.11. The molecule has 10 heteroatoms. The van der Waals surface area contributed by atoms with E-state index in [1.807, 2.05) is 20.8 Å². The van der Waals surface area contributed by atoms with Gasteiger partial charge in [-0.2, -0.15) is 13.2 Å². The average Bonchev–Trinajstić information content (AvgIpc) is 3.14. The molecule has 1 saturated heterocycles. The summed E-state index contributed by atoms with van der Waals surface area (Å²) in [6.45, 7) is 6.00. The van der Waals surface area contributed by atoms with Gasteiger partial charge in [0.15, 0.2) is 5.96 Å². The number of alkyl halides is 3. The first-order valence-electron chi connectivity index (χ1n) is 11.0. The zero-order chi connectivity index (χ0) is 24.6. The Morgan fingerprint density at radius 1 is 1.21 bits per heavy atom. The second-order valence-corrected chi connectivity index (χ2v) is 8.64. The molecular weight excluding hydrogens is 440 g/mol. The minimum absolute atomic E-state index is 0.0516. The number of nitrogens with zero attached hydrogens (tertiary/aromatic N) is 2. The predicted molar refractivity (Wildman–Crippen MR) is 120 cm³/mol. The van der Waals surface area contributed by atoms with Crippen LogP contribution < -0.4 is 10.6 Å². The van der Waals surface area contributed by atoms with Crippen LogP contribution >= 0.6 is 0 Å². The predicted octanol–water partition coefficient (Wildman–Crippen LogP) is 4.51. The van der Waals surface area contributed by atoms with Crippen molar-refractivity contribution in [1.29, 1.82) is 0 Å². The van der Waals surface area contributed by atoms with Gasteiger partial charge in [-0.05, 0) is 56.4 Å². The lowest BCUT2D eigenvalue weighted by atomic mass is 9.98. The van der Waals surface area contributed by atoms with Crippen molar-refractivity contribution in [3.05, 3.63) is 35.6 Å². The third kappa shape index (κ3) is 9.11. The number of halogens is 4. The Morgan fingerprint density at radius 2 is 1.88 bits per heavy atom. The van der Waals surface area contributed by atoms with Gasteiger partial charge < -0.3 is 10.1 Å². The molecule has 1 aromatic carbocycles. The number of carbonyl (C=O) groups is 1. The van der Waals surface area contributed by atoms with Crippen molar-refractivity contribution in [3.63, 3.8) is 0 Å². The molecule has 2 rings (SSSR count). The lowest BCUT2D eigenvalue weighted by molar-refractivity contribution is -0.0610. The van der Waals surface area contributed by atoms with Gasteiger partial charge in [-0.15, -0.1) is 0 Å². The molecule has 184 valence electrons. The first-order chi connectivity index (χ1) is 15.5. The van der Waals surface area contributed by atoms with Crippen molar-refractivity contribution >= 4 is 17.6 Å². The van der Waals surface area contributed by atoms with E-state index in [-0.39, 0.29) is 42.6 Å². The molecular formula is C23H32F4N4O2. The van der Waals surface area contributed by atoms with Crippen LogP contribution in [-0.4, -0.2) is 55.6 Å². The number of nitrogens with one attached hydrogen (secondary N) is 2. The Morgan fingerprint density at radius 3 is 2.39 bits per heavy atom. The van der Waals surface area contributed by atoms with Gasteiger partial charge in [0.25, 0.3) is 5.91 Å². The summed E-state index contributed by atoms with van der Waals surface area (Å²) < 4.78 is 58.9. The fourth-order valence-corrected chi connectivity index (χ4v) is 3.64. The smallest absolute Gasteiger partial charge is 0.373 e. The van der Waals surface area contributed by atoms with Gasteiger partial charge in [0, 0.05) is 25.1 Å². The number of aliphatic imine (C=N–C) groups is 2. The van der Waals surface area contributed by atoms with Crippen LogP contribution in [0.2, 0.25) is 0 Å². The van der Waals surface area contributed by atoms with E-state index in [2.05, 4.69) is 20.6 Å². The largest absolute Gasteiger partial charge is 0.429 e. The summed E-state index contributed by atoms with van der Waals surface area (Å²) in [6.07, 6.45) is -2.85. The third-order valence-electron chi connectivity index (χ3n) is 5.24. The highest BCUT2D eigenvalue weighted by Crippen LogP contribution is 2.22. The van der Waals surface area contributed by atoms with Crippen LogP contribution in [0.1, 0.15) is 56.8 Å². The molecule has 0 saturated carbocycles. The second-order valence-electron chi connectivity index (χ2n) is 8.64. The van der Waals surface area contributed by atoms with Gasteiger partial charge >= 0.3 is 6.18 Å². The lowest BCUT2D eigenvalue weighted by Crippen LogP contribution is -2.48. The molecule has 3 atom stereocenters. The van der Waals surface area contributed by atoms with Crippen LogP contribution in [0.5, 0.6) is 0 Å². The van der Waals surface area contributed by atoms with E-state index in [0.29, 0.717) is 6.42 Å². The van der Waals surface area contributed by atoms with E-state index < -0.39 is 29.7 Å². The first kappa shape index (κ1) is 26.8. The average molecular weight is 473 g/mol. The molecule has 1 aliphatic heterocycles. The molecule has 1 aromatic rings. The molecule has 6 nitrogen and oxygen atoms in total. The maximum Gasteiger partial charge on any atom is 0.429 e. The lowest BCUT2D eigenvalue weighted by Gasteiger charge is -2.24. The fraction of sp³-hybridized carbons (Fsp3) is 0.609. The molecule has 0 spiro atoms. The Balaban J connectivity index is 2.22. The normalized spacial score (nSPS) is 20.8. The second kappa shape index (κ2) is 12.1. The number of rotatable bonds is 8. The Hall–Kier alpha value is -2.49. The zero-order valence-corrected chi connectivity index (χ0v) is 19.4. The molecule has 1 fully saturated rings. The number of benzene rings is 1. The molecule has 1 aliphatic rings. The van der Waals surface area contributed by atoms with Crippen LogP contribution in [-0.2, 0) is 4.74 Å². The zero-order valence-electron chi connectivity index (χ0n) is 19.4. The van der Waals surface area contributed by atoms with Gasteiger partial charge in [-0.1, -0.05) is 13.8 Å². The number of guanidine groups is 1. The van der Waals surface area contributed by atoms with Gasteiger partial charge in [-0.3, -0.25) is 20.1 Å². The minimum Gasteiger partial charge on any atom is -0.373 e. The van der Waals surface area contributed by atoms with E-state index >= 15 is 0 Å². The third-order valence-corrected chi connectivity index (χ3v) is 5.24. The van der Waals surface area contributed by atoms with Crippen LogP contribution in [0, 0.1) is 11.7 Å². The summed E-state index contributed by atoms with van der Waals surface area (Å²) >= 11 is 0. The van der Waals surface area contributed by atoms with E-state index in [1.54, 1.807) is 0 Å². The van der Waals surface area contributed by atoms with Crippen LogP contribution in [0.25, 0.3) is 0 Å². The summed E-state index contributed by atoms with van der Waals surface area (Å²) in [5, 5.41) is 5.60. The van der Waals surface area contributed by atoms with E-state index in [9.17, 15) is 22.4 Å². The van der Waals surface area contributed by atoms with E-state index in [0.717, 1.165) is 32.0 Å². The maximum atomic E-state index is 13.3. The Labute approximate surface area is 191 Å². The van der Waals surface area contributed by atoms with E-state index in [4.69, 9.17) is 4.74 Å². The van der Waals surface area contributed by atoms with Crippen molar-refractivity contribution in [3.8, 4) is 0 Å². The molecule has 1 heterocycles. The highest BCUT2D eigenvalue weighted by molar-refractivity contribution is 6.05. The summed E-state index contributed by atoms with van der Waals surface area (Å²) in [5.74, 6) is -0.898. The van der Waals surface area contributed by atoms with Crippen molar-refractivity contribution in [1.82, 2.24) is 10.6 Å². The number of hydrogen-bond donors (Lipinski definition) is 2. The van der Waals surface area contributed by atoms with Crippen molar-refractivity contribution in [2.45, 2.75) is 70.9 Å². The number of hydrogen-bond acceptors (Lipinski definition) is 4. The molecule has 2 N–H and O–H groups in total. The molecule has 0 radical (unpaired) electrons. The molecule has 3 unspecified atom stereocenters.